The van der Waals surface area contributed by atoms with E-state index in [1.807, 2.05) is 72.8 Å². The van der Waals surface area contributed by atoms with E-state index in [0.29, 0.717) is 46.2 Å². The van der Waals surface area contributed by atoms with Gasteiger partial charge in [0, 0.05) is 32.0 Å². The van der Waals surface area contributed by atoms with Gasteiger partial charge in [0.1, 0.15) is 18.7 Å². The fourth-order valence-electron chi connectivity index (χ4n) is 6.46. The topological polar surface area (TPSA) is 217 Å². The van der Waals surface area contributed by atoms with Crippen LogP contribution in [0.2, 0.25) is 0 Å². The van der Waals surface area contributed by atoms with Gasteiger partial charge in [-0.05, 0) is 40.5 Å². The number of pyridine rings is 1. The van der Waals surface area contributed by atoms with Crippen molar-refractivity contribution < 1.29 is 57.4 Å². The predicted molar refractivity (Wildman–Crippen MR) is 248 cm³/mol. The molecule has 4 atom stereocenters. The number of amides is 4. The maximum absolute atomic E-state index is 14.2. The Morgan fingerprint density at radius 2 is 1.15 bits per heavy atom. The lowest BCUT2D eigenvalue weighted by molar-refractivity contribution is -0.132. The summed E-state index contributed by atoms with van der Waals surface area (Å²) in [5.41, 5.74) is 4.72. The summed E-state index contributed by atoms with van der Waals surface area (Å²) >= 11 is 0. The molecule has 66 heavy (non-hydrogen) atoms. The number of aromatic nitrogens is 1. The number of benzene rings is 2. The third-order valence-corrected chi connectivity index (χ3v) is 10.0. The van der Waals surface area contributed by atoms with E-state index in [2.05, 4.69) is 26.4 Å². The summed E-state index contributed by atoms with van der Waals surface area (Å²) in [4.78, 5) is 57.9. The van der Waals surface area contributed by atoms with Crippen LogP contribution in [0.1, 0.15) is 52.7 Å². The number of rotatable bonds is 29. The highest BCUT2D eigenvalue weighted by molar-refractivity contribution is 5.87. The first-order valence-corrected chi connectivity index (χ1v) is 22.2. The van der Waals surface area contributed by atoms with Gasteiger partial charge in [-0.3, -0.25) is 20.0 Å². The van der Waals surface area contributed by atoms with Crippen molar-refractivity contribution in [3.05, 3.63) is 90.1 Å². The van der Waals surface area contributed by atoms with Crippen molar-refractivity contribution in [3.63, 3.8) is 0 Å². The molecule has 0 aliphatic heterocycles. The van der Waals surface area contributed by atoms with Crippen LogP contribution in [0.3, 0.4) is 0 Å². The van der Waals surface area contributed by atoms with Gasteiger partial charge in [0.25, 0.3) is 5.91 Å². The van der Waals surface area contributed by atoms with E-state index in [4.69, 9.17) is 33.2 Å². The van der Waals surface area contributed by atoms with Crippen LogP contribution in [-0.4, -0.2) is 150 Å². The van der Waals surface area contributed by atoms with Gasteiger partial charge in [-0.15, -0.1) is 0 Å². The van der Waals surface area contributed by atoms with Gasteiger partial charge in [-0.1, -0.05) is 102 Å². The zero-order valence-corrected chi connectivity index (χ0v) is 39.8. The van der Waals surface area contributed by atoms with Gasteiger partial charge in [0.2, 0.25) is 5.91 Å². The van der Waals surface area contributed by atoms with Crippen molar-refractivity contribution in [2.45, 2.75) is 78.7 Å². The molecular weight excluding hydrogens is 853 g/mol. The minimum atomic E-state index is -1.27. The zero-order valence-electron chi connectivity index (χ0n) is 39.8. The van der Waals surface area contributed by atoms with Crippen molar-refractivity contribution in [2.75, 3.05) is 86.8 Å². The molecule has 3 rings (SSSR count). The van der Waals surface area contributed by atoms with Gasteiger partial charge in [-0.2, -0.15) is 0 Å². The molecule has 0 saturated carbocycles. The number of nitrogens with one attached hydrogen (secondary N) is 4. The summed E-state index contributed by atoms with van der Waals surface area (Å²) in [7, 11) is 2.83. The van der Waals surface area contributed by atoms with Gasteiger partial charge in [0.15, 0.2) is 0 Å². The first-order chi connectivity index (χ1) is 31.5. The number of hydrazine groups is 1. The summed E-state index contributed by atoms with van der Waals surface area (Å²) in [6.45, 7) is 14.3. The monoisotopic (exact) mass is 925 g/mol. The van der Waals surface area contributed by atoms with Crippen LogP contribution in [0, 0.1) is 10.8 Å². The van der Waals surface area contributed by atoms with Gasteiger partial charge in [-0.25, -0.2) is 14.6 Å². The lowest BCUT2D eigenvalue weighted by Gasteiger charge is -2.35. The largest absolute Gasteiger partial charge is 0.453 e. The summed E-state index contributed by atoms with van der Waals surface area (Å²) in [6, 6.07) is 19.6. The Labute approximate surface area is 389 Å². The number of carbonyl (C=O) groups is 4. The number of hydrogen-bond donors (Lipinski definition) is 5. The Morgan fingerprint density at radius 3 is 1.68 bits per heavy atom. The Bertz CT molecular complexity index is 1840. The summed E-state index contributed by atoms with van der Waals surface area (Å²) in [6.07, 6.45) is -0.932. The van der Waals surface area contributed by atoms with Crippen molar-refractivity contribution in [2.24, 2.45) is 10.8 Å². The number of nitrogens with zero attached hydrogens (tertiary/aromatic N) is 2. The average Bonchev–Trinajstić information content (AvgIpc) is 3.28. The molecule has 4 amide bonds. The maximum atomic E-state index is 14.2. The Hall–Kier alpha value is -5.21. The molecule has 3 aromatic rings. The molecule has 0 spiro atoms. The molecule has 1 heterocycles. The van der Waals surface area contributed by atoms with Crippen LogP contribution in [0.25, 0.3) is 11.3 Å². The molecule has 0 aliphatic carbocycles. The number of methoxy groups -OCH3 is 2. The first kappa shape index (κ1) is 55.1. The van der Waals surface area contributed by atoms with Crippen LogP contribution in [0.15, 0.2) is 79.0 Å². The molecule has 0 aliphatic rings. The average molecular weight is 925 g/mol. The number of hydrogen-bond acceptors (Lipinski definition) is 14. The highest BCUT2D eigenvalue weighted by Crippen LogP contribution is 2.23. The molecule has 366 valence electrons. The molecule has 0 radical (unpaired) electrons. The zero-order chi connectivity index (χ0) is 48.4. The Kier molecular flexibility index (Phi) is 24.6. The van der Waals surface area contributed by atoms with E-state index < -0.39 is 59.1 Å². The molecule has 0 unspecified atom stereocenters. The second kappa shape index (κ2) is 29.4. The quantitative estimate of drug-likeness (QED) is 0.0485. The second-order valence-corrected chi connectivity index (χ2v) is 17.6. The first-order valence-electron chi connectivity index (χ1n) is 22.2. The number of alkyl carbamates (subject to hydrolysis) is 2. The van der Waals surface area contributed by atoms with E-state index in [-0.39, 0.29) is 39.3 Å². The highest BCUT2D eigenvalue weighted by Gasteiger charge is 2.37. The van der Waals surface area contributed by atoms with Gasteiger partial charge >= 0.3 is 12.2 Å². The van der Waals surface area contributed by atoms with Crippen LogP contribution in [0.5, 0.6) is 0 Å². The highest BCUT2D eigenvalue weighted by atomic mass is 16.6. The molecular formula is C48H72N6O12. The smallest absolute Gasteiger partial charge is 0.407 e. The molecule has 0 saturated heterocycles. The van der Waals surface area contributed by atoms with Crippen molar-refractivity contribution in [1.29, 1.82) is 0 Å². The minimum absolute atomic E-state index is 0.0650. The number of carbonyl (C=O) groups excluding carboxylic acids is 4. The standard InChI is InChI=1S/C48H72N6O12/c1-47(2,3)41(52-46(59)66-31-30-65-29-28-64-27-26-63-25-24-62-23-22-60-7)43(56)50-39(32-35-14-10-9-11-15-35)40(55)34-54(53-44(57)42(48(4,5)6)51-45(58)61-8)33-36-17-19-37(20-18-36)38-16-12-13-21-49-38/h9-21,39-42,55H,22-34H2,1-8H3,(H,50,56)(H,51,58)(H,52,59)(H,53,57)/t39-,40-,41+,42+/m0/s1. The van der Waals surface area contributed by atoms with Crippen molar-refractivity contribution >= 4 is 24.0 Å². The van der Waals surface area contributed by atoms with Crippen LogP contribution >= 0.6 is 0 Å². The molecule has 1 aromatic heterocycles. The molecule has 5 N–H and O–H groups in total. The summed E-state index contributed by atoms with van der Waals surface area (Å²) in [5.74, 6) is -1.09. The molecule has 18 nitrogen and oxygen atoms in total. The van der Waals surface area contributed by atoms with Crippen LogP contribution in [-0.2, 0) is 55.7 Å². The third-order valence-electron chi connectivity index (χ3n) is 10.0. The maximum Gasteiger partial charge on any atom is 0.407 e. The molecule has 0 bridgehead atoms. The van der Waals surface area contributed by atoms with Crippen molar-refractivity contribution in [3.8, 4) is 11.3 Å². The Morgan fingerprint density at radius 1 is 0.621 bits per heavy atom. The third kappa shape index (κ3) is 21.4. The fourth-order valence-corrected chi connectivity index (χ4v) is 6.46. The van der Waals surface area contributed by atoms with Crippen molar-refractivity contribution in [1.82, 2.24) is 31.4 Å². The van der Waals surface area contributed by atoms with E-state index in [1.165, 1.54) is 7.11 Å². The normalized spacial score (nSPS) is 13.5. The SMILES string of the molecule is COCCOCCOCCOCCOCCOC(=O)N[C@H](C(=O)N[C@@H](Cc1ccccc1)[C@@H](O)CN(Cc1ccc(-c2ccccn2)cc1)NC(=O)[C@@H](NC(=O)OC)C(C)(C)C)C(C)(C)C. The lowest BCUT2D eigenvalue weighted by Crippen LogP contribution is -2.61. The van der Waals surface area contributed by atoms with E-state index >= 15 is 0 Å². The van der Waals surface area contributed by atoms with Gasteiger partial charge < -0.3 is 54.2 Å². The molecule has 18 heteroatoms. The molecule has 0 fully saturated rings. The summed E-state index contributed by atoms with van der Waals surface area (Å²) < 4.78 is 36.9. The Balaban J connectivity index is 1.69. The van der Waals surface area contributed by atoms with E-state index in [0.717, 1.165) is 22.4 Å². The van der Waals surface area contributed by atoms with Gasteiger partial charge in [0.05, 0.1) is 84.4 Å². The number of aliphatic hydroxyl groups is 1. The lowest BCUT2D eigenvalue weighted by atomic mass is 9.85. The predicted octanol–water partition coefficient (Wildman–Crippen LogP) is 4.29. The molecule has 2 aromatic carbocycles. The second-order valence-electron chi connectivity index (χ2n) is 17.6. The van der Waals surface area contributed by atoms with Crippen LogP contribution < -0.4 is 21.4 Å². The van der Waals surface area contributed by atoms with E-state index in [1.54, 1.807) is 59.9 Å². The minimum Gasteiger partial charge on any atom is -0.453 e. The number of ether oxygens (including phenoxy) is 7. The number of aliphatic hydroxyl groups excluding tert-OH is 1. The van der Waals surface area contributed by atoms with Crippen LogP contribution in [0.4, 0.5) is 9.59 Å². The van der Waals surface area contributed by atoms with E-state index in [9.17, 15) is 24.3 Å². The fraction of sp³-hybridized carbons (Fsp3) is 0.562. The summed E-state index contributed by atoms with van der Waals surface area (Å²) in [5, 5.41) is 21.9.